The van der Waals surface area contributed by atoms with Crippen molar-refractivity contribution < 1.29 is 22.7 Å². The summed E-state index contributed by atoms with van der Waals surface area (Å²) in [6.45, 7) is 0. The molecule has 0 aliphatic heterocycles. The minimum Gasteiger partial charge on any atom is -0.465 e. The number of nitrogen functional groups attached to an aromatic ring is 1. The van der Waals surface area contributed by atoms with Crippen LogP contribution in [0.1, 0.15) is 15.9 Å². The molecule has 0 spiro atoms. The van der Waals surface area contributed by atoms with Crippen molar-refractivity contribution in [2.75, 3.05) is 12.8 Å². The largest absolute Gasteiger partial charge is 0.465 e. The Kier molecular flexibility index (Phi) is 3.32. The highest BCUT2D eigenvalue weighted by atomic mass is 35.5. The van der Waals surface area contributed by atoms with E-state index in [-0.39, 0.29) is 10.7 Å². The Bertz CT molecular complexity index is 431. The molecule has 2 N–H and O–H groups in total. The van der Waals surface area contributed by atoms with E-state index in [0.29, 0.717) is 12.1 Å². The molecule has 1 aromatic rings. The molecule has 0 aromatic heterocycles. The highest BCUT2D eigenvalue weighted by Crippen LogP contribution is 2.35. The van der Waals surface area contributed by atoms with Crippen molar-refractivity contribution >= 4 is 23.3 Å². The van der Waals surface area contributed by atoms with Gasteiger partial charge in [-0.15, -0.1) is 0 Å². The number of nitrogens with two attached hydrogens (primary N) is 1. The lowest BCUT2D eigenvalue weighted by Gasteiger charge is -2.11. The van der Waals surface area contributed by atoms with Gasteiger partial charge in [0.15, 0.2) is 0 Å². The van der Waals surface area contributed by atoms with Gasteiger partial charge in [0.25, 0.3) is 0 Å². The Labute approximate surface area is 93.9 Å². The van der Waals surface area contributed by atoms with Crippen LogP contribution in [0.15, 0.2) is 12.1 Å². The van der Waals surface area contributed by atoms with Crippen LogP contribution in [-0.4, -0.2) is 13.1 Å². The molecule has 88 valence electrons. The number of carbonyl (C=O) groups is 1. The van der Waals surface area contributed by atoms with Gasteiger partial charge in [-0.3, -0.25) is 0 Å². The lowest BCUT2D eigenvalue weighted by atomic mass is 10.1. The molecule has 0 heterocycles. The second-order valence-electron chi connectivity index (χ2n) is 2.91. The van der Waals surface area contributed by atoms with Gasteiger partial charge in [0, 0.05) is 0 Å². The molecule has 0 radical (unpaired) electrons. The number of carbonyl (C=O) groups excluding carboxylic acids is 1. The molecule has 0 bridgehead atoms. The van der Waals surface area contributed by atoms with Gasteiger partial charge in [-0.1, -0.05) is 11.6 Å². The standard InChI is InChI=1S/C9H7ClF3NO2/c1-16-8(15)5-2-4(9(11,12)13)3-6(10)7(5)14/h2-3H,14H2,1H3. The van der Waals surface area contributed by atoms with Crippen molar-refractivity contribution in [3.63, 3.8) is 0 Å². The fourth-order valence-corrected chi connectivity index (χ4v) is 1.28. The Morgan fingerprint density at radius 1 is 1.44 bits per heavy atom. The average Bonchev–Trinajstić information content (AvgIpc) is 2.19. The molecular weight excluding hydrogens is 247 g/mol. The average molecular weight is 254 g/mol. The van der Waals surface area contributed by atoms with E-state index >= 15 is 0 Å². The number of methoxy groups -OCH3 is 1. The molecule has 0 saturated carbocycles. The third-order valence-electron chi connectivity index (χ3n) is 1.86. The van der Waals surface area contributed by atoms with E-state index in [2.05, 4.69) is 4.74 Å². The number of ether oxygens (including phenoxy) is 1. The van der Waals surface area contributed by atoms with Gasteiger partial charge in [-0.05, 0) is 12.1 Å². The zero-order chi connectivity index (χ0) is 12.5. The zero-order valence-corrected chi connectivity index (χ0v) is 8.82. The maximum atomic E-state index is 12.4. The monoisotopic (exact) mass is 253 g/mol. The number of rotatable bonds is 1. The molecule has 0 fully saturated rings. The first-order chi connectivity index (χ1) is 7.27. The number of anilines is 1. The Hall–Kier alpha value is -1.43. The van der Waals surface area contributed by atoms with Crippen LogP contribution in [0, 0.1) is 0 Å². The topological polar surface area (TPSA) is 52.3 Å². The summed E-state index contributed by atoms with van der Waals surface area (Å²) in [5.41, 5.74) is 3.69. The van der Waals surface area contributed by atoms with Gasteiger partial charge in [-0.25, -0.2) is 4.79 Å². The fourth-order valence-electron chi connectivity index (χ4n) is 1.06. The minimum absolute atomic E-state index is 0.235. The first-order valence-electron chi connectivity index (χ1n) is 4.02. The number of hydrogen-bond donors (Lipinski definition) is 1. The fraction of sp³-hybridized carbons (Fsp3) is 0.222. The molecule has 0 aliphatic carbocycles. The van der Waals surface area contributed by atoms with Gasteiger partial charge in [0.1, 0.15) is 0 Å². The van der Waals surface area contributed by atoms with Crippen molar-refractivity contribution in [3.05, 3.63) is 28.3 Å². The molecule has 16 heavy (non-hydrogen) atoms. The third kappa shape index (κ3) is 2.38. The van der Waals surface area contributed by atoms with Crippen molar-refractivity contribution in [2.45, 2.75) is 6.18 Å². The number of esters is 1. The lowest BCUT2D eigenvalue weighted by molar-refractivity contribution is -0.137. The molecule has 1 aromatic carbocycles. The highest BCUT2D eigenvalue weighted by Gasteiger charge is 2.32. The Morgan fingerprint density at radius 2 is 2.00 bits per heavy atom. The van der Waals surface area contributed by atoms with Gasteiger partial charge in [0.05, 0.1) is 28.9 Å². The predicted molar refractivity (Wildman–Crippen MR) is 52.2 cm³/mol. The van der Waals surface area contributed by atoms with E-state index in [1.807, 2.05) is 0 Å². The zero-order valence-electron chi connectivity index (χ0n) is 8.06. The molecule has 0 amide bonds. The van der Waals surface area contributed by atoms with Crippen LogP contribution in [0.3, 0.4) is 0 Å². The van der Waals surface area contributed by atoms with Crippen LogP contribution < -0.4 is 5.73 Å². The van der Waals surface area contributed by atoms with Gasteiger partial charge in [0.2, 0.25) is 0 Å². The quantitative estimate of drug-likeness (QED) is 0.618. The van der Waals surface area contributed by atoms with Crippen molar-refractivity contribution in [1.82, 2.24) is 0 Å². The van der Waals surface area contributed by atoms with Crippen molar-refractivity contribution in [1.29, 1.82) is 0 Å². The normalized spacial score (nSPS) is 11.3. The number of benzene rings is 1. The van der Waals surface area contributed by atoms with Crippen LogP contribution in [0.5, 0.6) is 0 Å². The Morgan fingerprint density at radius 3 is 2.44 bits per heavy atom. The maximum absolute atomic E-state index is 12.4. The molecule has 0 unspecified atom stereocenters. The summed E-state index contributed by atoms with van der Waals surface area (Å²) in [5.74, 6) is -0.967. The molecule has 1 rings (SSSR count). The van der Waals surface area contributed by atoms with E-state index in [1.165, 1.54) is 0 Å². The molecule has 3 nitrogen and oxygen atoms in total. The summed E-state index contributed by atoms with van der Waals surface area (Å²) in [4.78, 5) is 11.1. The van der Waals surface area contributed by atoms with Crippen LogP contribution in [0.4, 0.5) is 18.9 Å². The first kappa shape index (κ1) is 12.6. The van der Waals surface area contributed by atoms with Crippen LogP contribution in [0.25, 0.3) is 0 Å². The van der Waals surface area contributed by atoms with Gasteiger partial charge in [-0.2, -0.15) is 13.2 Å². The number of hydrogen-bond acceptors (Lipinski definition) is 3. The van der Waals surface area contributed by atoms with E-state index < -0.39 is 23.3 Å². The van der Waals surface area contributed by atoms with Gasteiger partial charge < -0.3 is 10.5 Å². The molecular formula is C9H7ClF3NO2. The van der Waals surface area contributed by atoms with Crippen LogP contribution in [-0.2, 0) is 10.9 Å². The van der Waals surface area contributed by atoms with E-state index in [9.17, 15) is 18.0 Å². The second-order valence-corrected chi connectivity index (χ2v) is 3.32. The minimum atomic E-state index is -4.60. The van der Waals surface area contributed by atoms with Crippen molar-refractivity contribution in [2.24, 2.45) is 0 Å². The smallest absolute Gasteiger partial charge is 0.416 e. The SMILES string of the molecule is COC(=O)c1cc(C(F)(F)F)cc(Cl)c1N. The summed E-state index contributed by atoms with van der Waals surface area (Å²) in [7, 11) is 1.04. The van der Waals surface area contributed by atoms with Crippen LogP contribution in [0.2, 0.25) is 5.02 Å². The molecule has 0 saturated heterocycles. The predicted octanol–water partition coefficient (Wildman–Crippen LogP) is 2.73. The highest BCUT2D eigenvalue weighted by molar-refractivity contribution is 6.34. The van der Waals surface area contributed by atoms with Gasteiger partial charge >= 0.3 is 12.1 Å². The first-order valence-corrected chi connectivity index (χ1v) is 4.39. The van der Waals surface area contributed by atoms with E-state index in [4.69, 9.17) is 17.3 Å². The summed E-state index contributed by atoms with van der Waals surface area (Å²) in [6.07, 6.45) is -4.60. The Balaban J connectivity index is 3.39. The summed E-state index contributed by atoms with van der Waals surface area (Å²) in [5, 5.41) is -0.338. The second kappa shape index (κ2) is 4.21. The third-order valence-corrected chi connectivity index (χ3v) is 2.17. The lowest BCUT2D eigenvalue weighted by Crippen LogP contribution is -2.11. The molecule has 7 heteroatoms. The van der Waals surface area contributed by atoms with E-state index in [1.54, 1.807) is 0 Å². The number of halogens is 4. The van der Waals surface area contributed by atoms with Crippen LogP contribution >= 0.6 is 11.6 Å². The summed E-state index contributed by atoms with van der Waals surface area (Å²) in [6, 6.07) is 1.26. The summed E-state index contributed by atoms with van der Waals surface area (Å²) >= 11 is 5.49. The van der Waals surface area contributed by atoms with Crippen molar-refractivity contribution in [3.8, 4) is 0 Å². The molecule has 0 aliphatic rings. The van der Waals surface area contributed by atoms with E-state index in [0.717, 1.165) is 7.11 Å². The summed E-state index contributed by atoms with van der Waals surface area (Å²) < 4.78 is 41.5. The molecule has 0 atom stereocenters. The number of alkyl halides is 3. The maximum Gasteiger partial charge on any atom is 0.416 e.